The van der Waals surface area contributed by atoms with Crippen molar-refractivity contribution in [1.82, 2.24) is 15.0 Å². The summed E-state index contributed by atoms with van der Waals surface area (Å²) in [4.78, 5) is 15.0. The van der Waals surface area contributed by atoms with Gasteiger partial charge in [0.1, 0.15) is 0 Å². The fourth-order valence-corrected chi connectivity index (χ4v) is 2.17. The van der Waals surface area contributed by atoms with E-state index in [1.165, 1.54) is 0 Å². The molecule has 26 heavy (non-hydrogen) atoms. The molecule has 2 rings (SSSR count). The van der Waals surface area contributed by atoms with Crippen molar-refractivity contribution in [3.63, 3.8) is 0 Å². The lowest BCUT2D eigenvalue weighted by molar-refractivity contribution is 0.827. The number of nitrogen functional groups attached to an aromatic ring is 1. The first-order valence-corrected chi connectivity index (χ1v) is 8.83. The Kier molecular flexibility index (Phi) is 8.84. The molecule has 1 heterocycles. The molecule has 0 saturated heterocycles. The molecule has 3 N–H and O–H groups in total. The largest absolute Gasteiger partial charge is 0.368 e. The van der Waals surface area contributed by atoms with Crippen molar-refractivity contribution in [2.45, 2.75) is 41.2 Å². The summed E-state index contributed by atoms with van der Waals surface area (Å²) in [5, 5.41) is 3.21. The molecule has 1 aromatic carbocycles. The first kappa shape index (κ1) is 21.2. The summed E-state index contributed by atoms with van der Waals surface area (Å²) in [6.07, 6.45) is 3.94. The van der Waals surface area contributed by atoms with E-state index in [-0.39, 0.29) is 5.95 Å². The van der Waals surface area contributed by atoms with Gasteiger partial charge >= 0.3 is 0 Å². The topological polar surface area (TPSA) is 80.0 Å². The van der Waals surface area contributed by atoms with E-state index in [0.717, 1.165) is 17.0 Å². The van der Waals surface area contributed by atoms with Gasteiger partial charge in [-0.2, -0.15) is 15.0 Å². The quantitative estimate of drug-likeness (QED) is 0.749. The van der Waals surface area contributed by atoms with Crippen molar-refractivity contribution in [2.24, 2.45) is 0 Å². The average molecular weight is 355 g/mol. The third-order valence-electron chi connectivity index (χ3n) is 3.39. The molecular weight excluding hydrogens is 324 g/mol. The van der Waals surface area contributed by atoms with Crippen LogP contribution in [0.4, 0.5) is 17.6 Å². The molecule has 0 bridgehead atoms. The highest BCUT2D eigenvalue weighted by Crippen LogP contribution is 2.15. The van der Waals surface area contributed by atoms with Crippen LogP contribution in [0.3, 0.4) is 0 Å². The zero-order chi connectivity index (χ0) is 19.5. The lowest BCUT2D eigenvalue weighted by atomic mass is 10.2. The molecule has 6 heteroatoms. The second-order valence-electron chi connectivity index (χ2n) is 5.66. The van der Waals surface area contributed by atoms with Gasteiger partial charge in [-0.05, 0) is 39.0 Å². The normalized spacial score (nSPS) is 10.1. The van der Waals surface area contributed by atoms with E-state index in [9.17, 15) is 0 Å². The summed E-state index contributed by atoms with van der Waals surface area (Å²) >= 11 is 0. The van der Waals surface area contributed by atoms with Gasteiger partial charge in [-0.1, -0.05) is 43.7 Å². The van der Waals surface area contributed by atoms with E-state index >= 15 is 0 Å². The molecule has 0 atom stereocenters. The van der Waals surface area contributed by atoms with Crippen LogP contribution in [0.2, 0.25) is 0 Å². The number of allylic oxidation sites excluding steroid dienone is 3. The van der Waals surface area contributed by atoms with Crippen molar-refractivity contribution in [3.8, 4) is 0 Å². The fourth-order valence-electron chi connectivity index (χ4n) is 2.17. The number of benzene rings is 1. The number of nitrogens with two attached hydrogens (primary N) is 1. The Hall–Kier alpha value is -2.89. The van der Waals surface area contributed by atoms with E-state index in [1.54, 1.807) is 0 Å². The maximum Gasteiger partial charge on any atom is 0.232 e. The van der Waals surface area contributed by atoms with Gasteiger partial charge in [-0.25, -0.2) is 0 Å². The SMILES string of the molecule is C/C=C\C(Nc1nc(N)nc(CN(C)c2ccccc2)n1)=C(C)C.CC. The molecule has 0 aliphatic rings. The monoisotopic (exact) mass is 354 g/mol. The van der Waals surface area contributed by atoms with E-state index in [2.05, 4.69) is 25.2 Å². The molecule has 0 aliphatic carbocycles. The number of hydrogen-bond acceptors (Lipinski definition) is 6. The van der Waals surface area contributed by atoms with Crippen molar-refractivity contribution in [2.75, 3.05) is 23.0 Å². The molecule has 2 aromatic rings. The predicted molar refractivity (Wildman–Crippen MR) is 111 cm³/mol. The van der Waals surface area contributed by atoms with Crippen LogP contribution < -0.4 is 16.0 Å². The highest BCUT2D eigenvalue weighted by atomic mass is 15.2. The molecule has 140 valence electrons. The summed E-state index contributed by atoms with van der Waals surface area (Å²) in [5.74, 6) is 1.27. The van der Waals surface area contributed by atoms with Crippen molar-refractivity contribution < 1.29 is 0 Å². The number of nitrogens with one attached hydrogen (secondary N) is 1. The van der Waals surface area contributed by atoms with Crippen LogP contribution in [0.1, 0.15) is 40.4 Å². The predicted octanol–water partition coefficient (Wildman–Crippen LogP) is 4.40. The Bertz CT molecular complexity index is 733. The molecule has 0 amide bonds. The highest BCUT2D eigenvalue weighted by Gasteiger charge is 2.09. The maximum absolute atomic E-state index is 5.84. The number of hydrogen-bond donors (Lipinski definition) is 2. The molecule has 0 unspecified atom stereocenters. The summed E-state index contributed by atoms with van der Waals surface area (Å²) in [6, 6.07) is 10.1. The minimum absolute atomic E-state index is 0.206. The van der Waals surface area contributed by atoms with E-state index in [1.807, 2.05) is 84.2 Å². The smallest absolute Gasteiger partial charge is 0.232 e. The zero-order valence-electron chi connectivity index (χ0n) is 16.6. The highest BCUT2D eigenvalue weighted by molar-refractivity contribution is 5.46. The van der Waals surface area contributed by atoms with E-state index in [4.69, 9.17) is 5.73 Å². The van der Waals surface area contributed by atoms with Gasteiger partial charge < -0.3 is 16.0 Å². The van der Waals surface area contributed by atoms with Crippen LogP contribution in [0.5, 0.6) is 0 Å². The summed E-state index contributed by atoms with van der Waals surface area (Å²) < 4.78 is 0. The Morgan fingerprint density at radius 2 is 1.77 bits per heavy atom. The van der Waals surface area contributed by atoms with Gasteiger partial charge in [0.15, 0.2) is 5.82 Å². The van der Waals surface area contributed by atoms with Gasteiger partial charge in [0.25, 0.3) is 0 Å². The van der Waals surface area contributed by atoms with E-state index in [0.29, 0.717) is 18.3 Å². The van der Waals surface area contributed by atoms with Crippen molar-refractivity contribution >= 4 is 17.6 Å². The van der Waals surface area contributed by atoms with Crippen LogP contribution in [0.25, 0.3) is 0 Å². The standard InChI is InChI=1S/C18H24N6.C2H6/c1-5-9-15(13(2)3)20-18-22-16(21-17(19)23-18)12-24(4)14-10-7-6-8-11-14;1-2/h5-11H,12H2,1-4H3,(H3,19,20,21,22,23);1-2H3/b9-5-;. The Morgan fingerprint density at radius 1 is 1.12 bits per heavy atom. The zero-order valence-corrected chi connectivity index (χ0v) is 16.6. The van der Waals surface area contributed by atoms with Gasteiger partial charge in [0.05, 0.1) is 6.54 Å². The van der Waals surface area contributed by atoms with Gasteiger partial charge in [-0.15, -0.1) is 0 Å². The Labute approximate surface area is 156 Å². The minimum Gasteiger partial charge on any atom is -0.368 e. The third-order valence-corrected chi connectivity index (χ3v) is 3.39. The van der Waals surface area contributed by atoms with Crippen LogP contribution in [0, 0.1) is 0 Å². The third kappa shape index (κ3) is 6.55. The number of para-hydroxylation sites is 1. The first-order valence-electron chi connectivity index (χ1n) is 8.83. The summed E-state index contributed by atoms with van der Waals surface area (Å²) in [5.41, 5.74) is 9.02. The second kappa shape index (κ2) is 10.9. The number of anilines is 3. The molecule has 0 saturated carbocycles. The molecule has 0 radical (unpaired) electrons. The molecule has 0 aliphatic heterocycles. The van der Waals surface area contributed by atoms with Crippen molar-refractivity contribution in [1.29, 1.82) is 0 Å². The maximum atomic E-state index is 5.84. The molecule has 0 spiro atoms. The van der Waals surface area contributed by atoms with Gasteiger partial charge in [0, 0.05) is 18.4 Å². The molecule has 6 nitrogen and oxygen atoms in total. The number of nitrogens with zero attached hydrogens (tertiary/aromatic N) is 4. The second-order valence-corrected chi connectivity index (χ2v) is 5.66. The van der Waals surface area contributed by atoms with Crippen LogP contribution in [0.15, 0.2) is 53.8 Å². The number of rotatable bonds is 6. The summed E-state index contributed by atoms with van der Waals surface area (Å²) in [7, 11) is 1.99. The molecule has 0 fully saturated rings. The fraction of sp³-hybridized carbons (Fsp3) is 0.350. The van der Waals surface area contributed by atoms with Gasteiger partial charge in [0.2, 0.25) is 11.9 Å². The lowest BCUT2D eigenvalue weighted by Crippen LogP contribution is -2.20. The number of aromatic nitrogens is 3. The Morgan fingerprint density at radius 3 is 2.35 bits per heavy atom. The van der Waals surface area contributed by atoms with Crippen LogP contribution >= 0.6 is 0 Å². The van der Waals surface area contributed by atoms with Crippen LogP contribution in [-0.4, -0.2) is 22.0 Å². The first-order chi connectivity index (χ1) is 12.5. The molecular formula is C20H30N6. The molecule has 1 aromatic heterocycles. The van der Waals surface area contributed by atoms with Crippen molar-refractivity contribution in [3.05, 3.63) is 59.6 Å². The Balaban J connectivity index is 0.00000163. The average Bonchev–Trinajstić information content (AvgIpc) is 2.63. The lowest BCUT2D eigenvalue weighted by Gasteiger charge is -2.18. The van der Waals surface area contributed by atoms with Gasteiger partial charge in [-0.3, -0.25) is 0 Å². The van der Waals surface area contributed by atoms with E-state index < -0.39 is 0 Å². The minimum atomic E-state index is 0.206. The van der Waals surface area contributed by atoms with Crippen LogP contribution in [-0.2, 0) is 6.54 Å². The summed E-state index contributed by atoms with van der Waals surface area (Å²) in [6.45, 7) is 10.6.